The number of methoxy groups -OCH3 is 1. The summed E-state index contributed by atoms with van der Waals surface area (Å²) in [7, 11) is 1.58. The Kier molecular flexibility index (Phi) is 2.91. The molecule has 1 fully saturated rings. The fourth-order valence-corrected chi connectivity index (χ4v) is 1.96. The van der Waals surface area contributed by atoms with Crippen LogP contribution in [0.5, 0.6) is 5.75 Å². The maximum absolute atomic E-state index is 13.5. The molecule has 0 saturated heterocycles. The average Bonchev–Trinajstić information content (AvgIpc) is 2.15. The Labute approximate surface area is 89.2 Å². The molecule has 0 amide bonds. The minimum Gasteiger partial charge on any atom is -0.497 e. The Morgan fingerprint density at radius 3 is 2.73 bits per heavy atom. The van der Waals surface area contributed by atoms with Gasteiger partial charge in [-0.25, -0.2) is 4.39 Å². The van der Waals surface area contributed by atoms with Crippen LogP contribution in [0.1, 0.15) is 30.9 Å². The first-order chi connectivity index (χ1) is 7.22. The smallest absolute Gasteiger partial charge is 0.128 e. The van der Waals surface area contributed by atoms with Gasteiger partial charge in [0.15, 0.2) is 0 Å². The maximum Gasteiger partial charge on any atom is 0.128 e. The van der Waals surface area contributed by atoms with Crippen molar-refractivity contribution in [3.63, 3.8) is 0 Å². The van der Waals surface area contributed by atoms with Crippen LogP contribution in [0.25, 0.3) is 0 Å². The summed E-state index contributed by atoms with van der Waals surface area (Å²) < 4.78 is 18.6. The lowest BCUT2D eigenvalue weighted by Crippen LogP contribution is -2.27. The zero-order valence-electron chi connectivity index (χ0n) is 8.87. The SMILES string of the molecule is COc1ccc(F)c([C@H](N)C2CCC2)c1. The monoisotopic (exact) mass is 209 g/mol. The van der Waals surface area contributed by atoms with Crippen LogP contribution in [0.4, 0.5) is 4.39 Å². The molecule has 0 heterocycles. The topological polar surface area (TPSA) is 35.2 Å². The highest BCUT2D eigenvalue weighted by Gasteiger charge is 2.27. The molecule has 1 atom stereocenters. The summed E-state index contributed by atoms with van der Waals surface area (Å²) in [5.74, 6) is 0.878. The predicted molar refractivity (Wildman–Crippen MR) is 57.2 cm³/mol. The van der Waals surface area contributed by atoms with E-state index in [1.807, 2.05) is 0 Å². The molecular weight excluding hydrogens is 193 g/mol. The van der Waals surface area contributed by atoms with Crippen LogP contribution in [0, 0.1) is 11.7 Å². The van der Waals surface area contributed by atoms with Gasteiger partial charge in [-0.15, -0.1) is 0 Å². The van der Waals surface area contributed by atoms with E-state index in [9.17, 15) is 4.39 Å². The van der Waals surface area contributed by atoms with E-state index in [1.165, 1.54) is 12.5 Å². The molecule has 0 bridgehead atoms. The number of benzene rings is 1. The van der Waals surface area contributed by atoms with E-state index in [-0.39, 0.29) is 11.9 Å². The highest BCUT2D eigenvalue weighted by Crippen LogP contribution is 2.37. The van der Waals surface area contributed by atoms with Crippen molar-refractivity contribution in [3.8, 4) is 5.75 Å². The van der Waals surface area contributed by atoms with E-state index in [0.717, 1.165) is 12.8 Å². The number of rotatable bonds is 3. The lowest BCUT2D eigenvalue weighted by atomic mass is 9.77. The van der Waals surface area contributed by atoms with Gasteiger partial charge in [-0.1, -0.05) is 6.42 Å². The standard InChI is InChI=1S/C12H16FNO/c1-15-9-5-6-11(13)10(7-9)12(14)8-3-2-4-8/h5-8,12H,2-4,14H2,1H3/t12-/m1/s1. The highest BCUT2D eigenvalue weighted by molar-refractivity contribution is 5.32. The van der Waals surface area contributed by atoms with Crippen LogP contribution in [-0.4, -0.2) is 7.11 Å². The van der Waals surface area contributed by atoms with Crippen LogP contribution < -0.4 is 10.5 Å². The van der Waals surface area contributed by atoms with Crippen molar-refractivity contribution in [3.05, 3.63) is 29.6 Å². The van der Waals surface area contributed by atoms with Crippen molar-refractivity contribution in [1.82, 2.24) is 0 Å². The second-order valence-electron chi connectivity index (χ2n) is 4.10. The number of hydrogen-bond acceptors (Lipinski definition) is 2. The van der Waals surface area contributed by atoms with Crippen LogP contribution in [0.15, 0.2) is 18.2 Å². The third kappa shape index (κ3) is 1.97. The number of nitrogens with two attached hydrogens (primary N) is 1. The van der Waals surface area contributed by atoms with Gasteiger partial charge in [0.1, 0.15) is 11.6 Å². The van der Waals surface area contributed by atoms with Gasteiger partial charge >= 0.3 is 0 Å². The van der Waals surface area contributed by atoms with E-state index < -0.39 is 0 Å². The fraction of sp³-hybridized carbons (Fsp3) is 0.500. The third-order valence-electron chi connectivity index (χ3n) is 3.22. The lowest BCUT2D eigenvalue weighted by Gasteiger charge is -2.31. The zero-order chi connectivity index (χ0) is 10.8. The zero-order valence-corrected chi connectivity index (χ0v) is 8.87. The van der Waals surface area contributed by atoms with Crippen LogP contribution in [0.3, 0.4) is 0 Å². The first-order valence-corrected chi connectivity index (χ1v) is 5.31. The van der Waals surface area contributed by atoms with Crippen LogP contribution in [-0.2, 0) is 0 Å². The second kappa shape index (κ2) is 4.19. The van der Waals surface area contributed by atoms with Gasteiger partial charge in [-0.2, -0.15) is 0 Å². The first-order valence-electron chi connectivity index (χ1n) is 5.31. The summed E-state index contributed by atoms with van der Waals surface area (Å²) in [6.45, 7) is 0. The average molecular weight is 209 g/mol. The Morgan fingerprint density at radius 1 is 1.47 bits per heavy atom. The van der Waals surface area contributed by atoms with Crippen molar-refractivity contribution < 1.29 is 9.13 Å². The molecule has 1 saturated carbocycles. The molecule has 15 heavy (non-hydrogen) atoms. The van der Waals surface area contributed by atoms with Crippen LogP contribution >= 0.6 is 0 Å². The molecule has 3 heteroatoms. The van der Waals surface area contributed by atoms with Crippen molar-refractivity contribution in [2.24, 2.45) is 11.7 Å². The van der Waals surface area contributed by atoms with Crippen LogP contribution in [0.2, 0.25) is 0 Å². The minimum atomic E-state index is -0.227. The van der Waals surface area contributed by atoms with Gasteiger partial charge in [-0.05, 0) is 37.0 Å². The van der Waals surface area contributed by atoms with Gasteiger partial charge in [0.25, 0.3) is 0 Å². The normalized spacial score (nSPS) is 18.3. The Morgan fingerprint density at radius 2 is 2.20 bits per heavy atom. The first kappa shape index (κ1) is 10.4. The summed E-state index contributed by atoms with van der Waals surface area (Å²) in [6, 6.07) is 4.56. The Hall–Kier alpha value is -1.09. The molecule has 2 N–H and O–H groups in total. The fourth-order valence-electron chi connectivity index (χ4n) is 1.96. The molecule has 1 aliphatic carbocycles. The maximum atomic E-state index is 13.5. The van der Waals surface area contributed by atoms with Crippen molar-refractivity contribution in [2.45, 2.75) is 25.3 Å². The molecule has 0 unspecified atom stereocenters. The Balaban J connectivity index is 2.24. The van der Waals surface area contributed by atoms with E-state index >= 15 is 0 Å². The summed E-state index contributed by atoms with van der Waals surface area (Å²) in [5, 5.41) is 0. The largest absolute Gasteiger partial charge is 0.497 e. The molecule has 1 aliphatic rings. The molecule has 0 aliphatic heterocycles. The number of halogens is 1. The van der Waals surface area contributed by atoms with Gasteiger partial charge in [0.05, 0.1) is 7.11 Å². The number of ether oxygens (including phenoxy) is 1. The molecular formula is C12H16FNO. The minimum absolute atomic E-state index is 0.186. The molecule has 1 aromatic rings. The van der Waals surface area contributed by atoms with Crippen molar-refractivity contribution in [2.75, 3.05) is 7.11 Å². The van der Waals surface area contributed by atoms with Gasteiger partial charge < -0.3 is 10.5 Å². The summed E-state index contributed by atoms with van der Waals surface area (Å²) >= 11 is 0. The second-order valence-corrected chi connectivity index (χ2v) is 4.10. The lowest BCUT2D eigenvalue weighted by molar-refractivity contribution is 0.260. The molecule has 1 aromatic carbocycles. The van der Waals surface area contributed by atoms with Gasteiger partial charge in [0.2, 0.25) is 0 Å². The number of hydrogen-bond donors (Lipinski definition) is 1. The summed E-state index contributed by atoms with van der Waals surface area (Å²) in [6.07, 6.45) is 3.43. The molecule has 0 spiro atoms. The predicted octanol–water partition coefficient (Wildman–Crippen LogP) is 2.63. The Bertz CT molecular complexity index is 349. The van der Waals surface area contributed by atoms with Crippen molar-refractivity contribution in [1.29, 1.82) is 0 Å². The van der Waals surface area contributed by atoms with E-state index in [0.29, 0.717) is 17.2 Å². The van der Waals surface area contributed by atoms with Gasteiger partial charge in [0, 0.05) is 11.6 Å². The molecule has 0 radical (unpaired) electrons. The third-order valence-corrected chi connectivity index (χ3v) is 3.22. The van der Waals surface area contributed by atoms with Gasteiger partial charge in [-0.3, -0.25) is 0 Å². The molecule has 82 valence electrons. The van der Waals surface area contributed by atoms with E-state index in [1.54, 1.807) is 19.2 Å². The van der Waals surface area contributed by atoms with E-state index in [2.05, 4.69) is 0 Å². The highest BCUT2D eigenvalue weighted by atomic mass is 19.1. The quantitative estimate of drug-likeness (QED) is 0.830. The van der Waals surface area contributed by atoms with Crippen molar-refractivity contribution >= 4 is 0 Å². The molecule has 0 aromatic heterocycles. The van der Waals surface area contributed by atoms with E-state index in [4.69, 9.17) is 10.5 Å². The summed E-state index contributed by atoms with van der Waals surface area (Å²) in [5.41, 5.74) is 6.61. The molecule has 2 rings (SSSR count). The summed E-state index contributed by atoms with van der Waals surface area (Å²) in [4.78, 5) is 0. The molecule has 2 nitrogen and oxygen atoms in total.